The van der Waals surface area contributed by atoms with E-state index in [1.807, 2.05) is 11.9 Å². The number of methoxy groups -OCH3 is 1. The van der Waals surface area contributed by atoms with Crippen LogP contribution >= 0.6 is 23.2 Å². The van der Waals surface area contributed by atoms with Crippen molar-refractivity contribution in [2.24, 2.45) is 5.92 Å². The summed E-state index contributed by atoms with van der Waals surface area (Å²) in [6.45, 7) is 4.94. The third kappa shape index (κ3) is 11.8. The fourth-order valence-electron chi connectivity index (χ4n) is 5.85. The average Bonchev–Trinajstić information content (AvgIpc) is 3.96. The summed E-state index contributed by atoms with van der Waals surface area (Å²) in [6.07, 6.45) is 2.49. The predicted octanol–water partition coefficient (Wildman–Crippen LogP) is 6.67. The molecule has 306 valence electrons. The summed E-state index contributed by atoms with van der Waals surface area (Å²) >= 11 is 13.0. The van der Waals surface area contributed by atoms with E-state index in [1.54, 1.807) is 20.8 Å². The molecule has 5 rings (SSSR count). The van der Waals surface area contributed by atoms with Crippen molar-refractivity contribution >= 4 is 51.0 Å². The smallest absolute Gasteiger partial charge is 0.429 e. The summed E-state index contributed by atoms with van der Waals surface area (Å²) in [4.78, 5) is 34.8. The number of aromatic nitrogens is 1. The van der Waals surface area contributed by atoms with Gasteiger partial charge in [0.2, 0.25) is 10.0 Å². The van der Waals surface area contributed by atoms with Crippen LogP contribution in [0.15, 0.2) is 48.8 Å². The lowest BCUT2D eigenvalue weighted by Gasteiger charge is -2.33. The summed E-state index contributed by atoms with van der Waals surface area (Å²) in [7, 11) is -1.13. The number of hydrogen-bond donors (Lipinski definition) is 0. The van der Waals surface area contributed by atoms with Crippen LogP contribution in [0.4, 0.5) is 19.3 Å². The van der Waals surface area contributed by atoms with Crippen LogP contribution in [0.3, 0.4) is 0 Å². The van der Waals surface area contributed by atoms with Crippen molar-refractivity contribution in [2.45, 2.75) is 58.4 Å². The van der Waals surface area contributed by atoms with Crippen LogP contribution in [0.2, 0.25) is 10.0 Å². The lowest BCUT2D eigenvalue weighted by Crippen LogP contribution is -2.48. The number of sulfonamides is 1. The Morgan fingerprint density at radius 3 is 2.25 bits per heavy atom. The number of halogens is 4. The molecule has 1 aromatic heterocycles. The summed E-state index contributed by atoms with van der Waals surface area (Å²) in [5, 5.41) is 0.478. The zero-order valence-electron chi connectivity index (χ0n) is 31.9. The number of rotatable bonds is 16. The average molecular weight is 845 g/mol. The van der Waals surface area contributed by atoms with E-state index in [0.29, 0.717) is 28.5 Å². The Bertz CT molecular complexity index is 1950. The van der Waals surface area contributed by atoms with Gasteiger partial charge in [-0.05, 0) is 82.5 Å². The highest BCUT2D eigenvalue weighted by atomic mass is 35.5. The fourth-order valence-corrected chi connectivity index (χ4v) is 7.76. The van der Waals surface area contributed by atoms with Gasteiger partial charge in [-0.3, -0.25) is 4.90 Å². The third-order valence-corrected chi connectivity index (χ3v) is 11.4. The molecule has 0 unspecified atom stereocenters. The van der Waals surface area contributed by atoms with Crippen LogP contribution in [0.1, 0.15) is 61.2 Å². The summed E-state index contributed by atoms with van der Waals surface area (Å²) in [6, 6.07) is 8.07. The standard InChI is InChI=1S/C38H46Cl2F2N4O9S/c1-38(2,3)55-37(48)46(56(49,50)17-16-45-14-12-44(4)13-15-45)30-18-26(9-10-31(30)51-5)35(47)53-33(20-27-28(39)21-43-22-29(27)40)25-8-11-32(54-36(41)42)34(19-25)52-23-24-6-7-24/h8-11,18-19,21-22,24,33,36H,6-7,12-17,20,23H2,1-5H3/p+1/t33-/m0/s1. The molecule has 0 bridgehead atoms. The fraction of sp³-hybridized carbons (Fsp3) is 0.500. The monoisotopic (exact) mass is 843 g/mol. The van der Waals surface area contributed by atoms with Gasteiger partial charge in [0.15, 0.2) is 23.9 Å². The molecule has 1 N–H and O–H groups in total. The first-order valence-corrected chi connectivity index (χ1v) is 20.4. The number of carbonyl (C=O) groups is 2. The van der Waals surface area contributed by atoms with Gasteiger partial charge in [-0.1, -0.05) is 29.3 Å². The molecule has 2 heterocycles. The minimum absolute atomic E-state index is 0.0239. The van der Waals surface area contributed by atoms with Gasteiger partial charge in [0.1, 0.15) is 33.2 Å². The first kappa shape index (κ1) is 43.2. The molecule has 13 nitrogen and oxygen atoms in total. The molecule has 0 spiro atoms. The third-order valence-electron chi connectivity index (χ3n) is 9.09. The number of anilines is 1. The first-order valence-electron chi connectivity index (χ1n) is 18.1. The van der Waals surface area contributed by atoms with Gasteiger partial charge in [-0.2, -0.15) is 13.1 Å². The lowest BCUT2D eigenvalue weighted by molar-refractivity contribution is -0.377. The van der Waals surface area contributed by atoms with Crippen molar-refractivity contribution in [3.63, 3.8) is 0 Å². The molecule has 56 heavy (non-hydrogen) atoms. The summed E-state index contributed by atoms with van der Waals surface area (Å²) < 4.78 is 83.1. The lowest BCUT2D eigenvalue weighted by atomic mass is 10.0. The number of nitrogens with one attached hydrogen (secondary N) is 1. The van der Waals surface area contributed by atoms with Crippen molar-refractivity contribution in [2.75, 3.05) is 63.5 Å². The molecule has 18 heteroatoms. The molecular formula is C38H47Cl2F2N4O9S+. The molecule has 1 atom stereocenters. The number of pyridine rings is 1. The minimum Gasteiger partial charge on any atom is -0.495 e. The zero-order chi connectivity index (χ0) is 40.8. The minimum atomic E-state index is -4.42. The maximum Gasteiger partial charge on any atom is 0.429 e. The number of benzene rings is 2. The number of amides is 1. The van der Waals surface area contributed by atoms with Crippen LogP contribution < -0.4 is 23.5 Å². The van der Waals surface area contributed by atoms with Crippen LogP contribution in [0.5, 0.6) is 17.2 Å². The van der Waals surface area contributed by atoms with Crippen LogP contribution in [0, 0.1) is 5.92 Å². The van der Waals surface area contributed by atoms with Crippen molar-refractivity contribution < 1.29 is 55.5 Å². The number of esters is 1. The second kappa shape index (κ2) is 18.5. The van der Waals surface area contributed by atoms with Gasteiger partial charge < -0.3 is 28.6 Å². The Labute approximate surface area is 335 Å². The van der Waals surface area contributed by atoms with Crippen molar-refractivity contribution in [1.29, 1.82) is 0 Å². The van der Waals surface area contributed by atoms with Crippen LogP contribution in [-0.4, -0.2) is 102 Å². The van der Waals surface area contributed by atoms with E-state index in [2.05, 4.69) is 9.88 Å². The molecule has 2 fully saturated rings. The Kier molecular flexibility index (Phi) is 14.3. The van der Waals surface area contributed by atoms with Gasteiger partial charge in [0.05, 0.1) is 25.0 Å². The molecular weight excluding hydrogens is 797 g/mol. The molecule has 2 aromatic carbocycles. The van der Waals surface area contributed by atoms with E-state index in [9.17, 15) is 26.8 Å². The molecule has 1 aliphatic carbocycles. The number of ether oxygens (including phenoxy) is 5. The maximum absolute atomic E-state index is 14.1. The predicted molar refractivity (Wildman–Crippen MR) is 206 cm³/mol. The van der Waals surface area contributed by atoms with E-state index in [4.69, 9.17) is 46.9 Å². The van der Waals surface area contributed by atoms with Crippen molar-refractivity contribution in [1.82, 2.24) is 9.80 Å². The first-order chi connectivity index (χ1) is 26.4. The Hall–Kier alpha value is -3.96. The maximum atomic E-state index is 14.1. The van der Waals surface area contributed by atoms with E-state index < -0.39 is 46.2 Å². The van der Waals surface area contributed by atoms with Crippen LogP contribution in [0.25, 0.3) is 0 Å². The number of hydrogen-bond acceptors (Lipinski definition) is 11. The number of H-pyrrole nitrogens is 1. The number of carbonyl (C=O) groups excluding carboxylic acids is 2. The van der Waals surface area contributed by atoms with Gasteiger partial charge in [0.25, 0.3) is 0 Å². The summed E-state index contributed by atoms with van der Waals surface area (Å²) in [5.74, 6) is -1.28. The van der Waals surface area contributed by atoms with E-state index in [-0.39, 0.29) is 64.0 Å². The second-order valence-electron chi connectivity index (χ2n) is 14.7. The van der Waals surface area contributed by atoms with Gasteiger partial charge >= 0.3 is 18.7 Å². The summed E-state index contributed by atoms with van der Waals surface area (Å²) in [5.41, 5.74) is -0.735. The molecule has 2 aliphatic rings. The second-order valence-corrected chi connectivity index (χ2v) is 17.4. The normalized spacial score (nSPS) is 16.0. The number of alkyl halides is 2. The van der Waals surface area contributed by atoms with E-state index >= 15 is 0 Å². The number of piperazine rings is 1. The highest BCUT2D eigenvalue weighted by Gasteiger charge is 2.37. The van der Waals surface area contributed by atoms with Gasteiger partial charge in [-0.25, -0.2) is 23.0 Å². The topological polar surface area (TPSA) is 138 Å². The number of likely N-dealkylation sites (N-methyl/N-ethyl adjacent to an activating group) is 1. The molecule has 1 saturated heterocycles. The van der Waals surface area contributed by atoms with Gasteiger partial charge in [0, 0.05) is 44.7 Å². The highest BCUT2D eigenvalue weighted by molar-refractivity contribution is 7.93. The molecule has 1 amide bonds. The zero-order valence-corrected chi connectivity index (χ0v) is 34.2. The molecule has 1 saturated carbocycles. The van der Waals surface area contributed by atoms with Crippen molar-refractivity contribution in [3.05, 3.63) is 75.5 Å². The van der Waals surface area contributed by atoms with E-state index in [0.717, 1.165) is 25.9 Å². The Morgan fingerprint density at radius 2 is 1.64 bits per heavy atom. The SMILES string of the molecule is COc1ccc(C(=O)O[C@@H](Cc2c(Cl)c[nH+]cc2Cl)c2ccc(OC(F)F)c(OCC3CC3)c2)cc1N(C(=O)OC(C)(C)C)S(=O)(=O)CCN1CCN(C)CC1. The quantitative estimate of drug-likeness (QED) is 0.143. The number of aromatic amines is 1. The molecule has 0 radical (unpaired) electrons. The van der Waals surface area contributed by atoms with Crippen LogP contribution in [-0.2, 0) is 25.9 Å². The Morgan fingerprint density at radius 1 is 0.982 bits per heavy atom. The van der Waals surface area contributed by atoms with Gasteiger partial charge in [-0.15, -0.1) is 0 Å². The van der Waals surface area contributed by atoms with E-state index in [1.165, 1.54) is 55.9 Å². The number of nitrogens with zero attached hydrogens (tertiary/aromatic N) is 3. The highest BCUT2D eigenvalue weighted by Crippen LogP contribution is 2.39. The molecule has 1 aliphatic heterocycles. The van der Waals surface area contributed by atoms with Crippen molar-refractivity contribution in [3.8, 4) is 17.2 Å². The Balaban J connectivity index is 1.51. The largest absolute Gasteiger partial charge is 0.495 e. The molecule has 3 aromatic rings.